The van der Waals surface area contributed by atoms with E-state index in [2.05, 4.69) is 61.4 Å². The van der Waals surface area contributed by atoms with Gasteiger partial charge < -0.3 is 4.57 Å². The van der Waals surface area contributed by atoms with Crippen LogP contribution in [0.2, 0.25) is 0 Å². The predicted octanol–water partition coefficient (Wildman–Crippen LogP) is 4.63. The minimum Gasteiger partial charge on any atom is -0.303 e. The van der Waals surface area contributed by atoms with Crippen LogP contribution in [0.15, 0.2) is 42.5 Å². The summed E-state index contributed by atoms with van der Waals surface area (Å²) in [6, 6.07) is 13.5. The highest BCUT2D eigenvalue weighted by Gasteiger charge is 2.08. The molecular formula is C25H28FN3. The number of hydrogen-bond donors (Lipinski definition) is 0. The van der Waals surface area contributed by atoms with Crippen molar-refractivity contribution in [2.24, 2.45) is 0 Å². The van der Waals surface area contributed by atoms with Crippen molar-refractivity contribution in [1.29, 1.82) is 0 Å². The van der Waals surface area contributed by atoms with Crippen molar-refractivity contribution in [3.8, 4) is 17.7 Å². The molecule has 0 amide bonds. The Bertz CT molecular complexity index is 1050. The lowest BCUT2D eigenvalue weighted by atomic mass is 10.0. The first kappa shape index (κ1) is 20.8. The van der Waals surface area contributed by atoms with E-state index < -0.39 is 0 Å². The van der Waals surface area contributed by atoms with Gasteiger partial charge in [-0.25, -0.2) is 9.37 Å². The van der Waals surface area contributed by atoms with Crippen LogP contribution < -0.4 is 0 Å². The number of halogens is 1. The summed E-state index contributed by atoms with van der Waals surface area (Å²) in [5, 5.41) is 0. The molecule has 0 unspecified atom stereocenters. The van der Waals surface area contributed by atoms with Gasteiger partial charge in [0.05, 0.1) is 6.54 Å². The molecule has 2 aromatic heterocycles. The summed E-state index contributed by atoms with van der Waals surface area (Å²) >= 11 is 0. The van der Waals surface area contributed by atoms with E-state index in [1.54, 1.807) is 6.07 Å². The molecule has 0 N–H and O–H groups in total. The highest BCUT2D eigenvalue weighted by molar-refractivity contribution is 5.39. The van der Waals surface area contributed by atoms with Crippen molar-refractivity contribution >= 4 is 0 Å². The molecule has 4 heteroatoms. The molecule has 0 radical (unpaired) electrons. The van der Waals surface area contributed by atoms with E-state index in [0.717, 1.165) is 46.9 Å². The molecule has 0 saturated heterocycles. The highest BCUT2D eigenvalue weighted by Crippen LogP contribution is 2.18. The number of nitrogens with zero attached hydrogens (tertiary/aromatic N) is 3. The normalized spacial score (nSPS) is 10.9. The van der Waals surface area contributed by atoms with Crippen LogP contribution in [-0.4, -0.2) is 35.1 Å². The Balaban J connectivity index is 1.80. The van der Waals surface area contributed by atoms with E-state index in [0.29, 0.717) is 6.54 Å². The monoisotopic (exact) mass is 389 g/mol. The maximum absolute atomic E-state index is 14.0. The third-order valence-corrected chi connectivity index (χ3v) is 4.76. The lowest BCUT2D eigenvalue weighted by Crippen LogP contribution is -2.10. The first-order valence-corrected chi connectivity index (χ1v) is 9.88. The molecule has 0 aliphatic heterocycles. The minimum atomic E-state index is -0.242. The summed E-state index contributed by atoms with van der Waals surface area (Å²) < 4.78 is 16.2. The second-order valence-electron chi connectivity index (χ2n) is 7.83. The Morgan fingerprint density at radius 3 is 2.38 bits per heavy atom. The summed E-state index contributed by atoms with van der Waals surface area (Å²) in [6.07, 6.45) is 1.47. The number of hydrogen-bond acceptors (Lipinski definition) is 2. The summed E-state index contributed by atoms with van der Waals surface area (Å²) in [5.41, 5.74) is 6.18. The van der Waals surface area contributed by atoms with Crippen LogP contribution in [0.5, 0.6) is 0 Å². The highest BCUT2D eigenvalue weighted by atomic mass is 19.1. The molecule has 0 spiro atoms. The van der Waals surface area contributed by atoms with Gasteiger partial charge in [-0.15, -0.1) is 0 Å². The molecule has 0 fully saturated rings. The summed E-state index contributed by atoms with van der Waals surface area (Å²) in [4.78, 5) is 6.85. The number of aryl methyl sites for hydroxylation is 5. The average molecular weight is 390 g/mol. The largest absolute Gasteiger partial charge is 0.303 e. The van der Waals surface area contributed by atoms with Gasteiger partial charge in [0.1, 0.15) is 11.6 Å². The number of pyridine rings is 1. The molecule has 3 rings (SSSR count). The number of aromatic nitrogens is 2. The Kier molecular flexibility index (Phi) is 6.51. The van der Waals surface area contributed by atoms with E-state index in [1.165, 1.54) is 11.6 Å². The number of rotatable bonds is 5. The van der Waals surface area contributed by atoms with Crippen LogP contribution in [0, 0.1) is 38.4 Å². The van der Waals surface area contributed by atoms with Gasteiger partial charge in [-0.1, -0.05) is 11.8 Å². The molecule has 0 saturated carbocycles. The zero-order valence-electron chi connectivity index (χ0n) is 17.9. The van der Waals surface area contributed by atoms with Crippen LogP contribution in [-0.2, 0) is 12.8 Å². The zero-order valence-corrected chi connectivity index (χ0v) is 17.9. The predicted molar refractivity (Wildman–Crippen MR) is 117 cm³/mol. The Labute approximate surface area is 173 Å². The second kappa shape index (κ2) is 9.07. The third kappa shape index (κ3) is 5.56. The van der Waals surface area contributed by atoms with Crippen LogP contribution in [0.3, 0.4) is 0 Å². The first-order chi connectivity index (χ1) is 13.8. The van der Waals surface area contributed by atoms with Gasteiger partial charge >= 0.3 is 0 Å². The molecule has 1 aromatic carbocycles. The standard InChI is InChI=1S/C25H28FN3/c1-18-13-24(27-25(14-18)29-19(2)8-9-20(29)3)11-10-22-15-21(16-23(26)17-22)7-6-12-28(4)5/h8-9,13-17H,10-12H2,1-5H3. The molecule has 0 bridgehead atoms. The smallest absolute Gasteiger partial charge is 0.137 e. The first-order valence-electron chi connectivity index (χ1n) is 9.88. The van der Waals surface area contributed by atoms with Gasteiger partial charge in [0.25, 0.3) is 0 Å². The summed E-state index contributed by atoms with van der Waals surface area (Å²) in [6.45, 7) is 6.91. The van der Waals surface area contributed by atoms with Gasteiger partial charge in [-0.2, -0.15) is 0 Å². The van der Waals surface area contributed by atoms with Crippen LogP contribution >= 0.6 is 0 Å². The SMILES string of the molecule is Cc1cc(CCc2cc(F)cc(C#CCN(C)C)c2)nc(-n2c(C)ccc2C)c1. The van der Waals surface area contributed by atoms with Gasteiger partial charge in [0, 0.05) is 22.6 Å². The van der Waals surface area contributed by atoms with Gasteiger partial charge in [0.15, 0.2) is 0 Å². The van der Waals surface area contributed by atoms with Crippen molar-refractivity contribution in [3.05, 3.63) is 82.1 Å². The molecule has 2 heterocycles. The molecule has 0 aliphatic rings. The van der Waals surface area contributed by atoms with E-state index in [9.17, 15) is 4.39 Å². The fourth-order valence-corrected chi connectivity index (χ4v) is 3.43. The number of benzene rings is 1. The molecular weight excluding hydrogens is 361 g/mol. The average Bonchev–Trinajstić information content (AvgIpc) is 2.97. The summed E-state index contributed by atoms with van der Waals surface area (Å²) in [7, 11) is 3.93. The zero-order chi connectivity index (χ0) is 21.0. The Morgan fingerprint density at radius 1 is 0.966 bits per heavy atom. The maximum atomic E-state index is 14.0. The van der Waals surface area contributed by atoms with E-state index in [1.807, 2.05) is 25.1 Å². The lowest BCUT2D eigenvalue weighted by molar-refractivity contribution is 0.464. The van der Waals surface area contributed by atoms with Crippen LogP contribution in [0.4, 0.5) is 4.39 Å². The maximum Gasteiger partial charge on any atom is 0.137 e. The van der Waals surface area contributed by atoms with Gasteiger partial charge in [-0.05, 0) is 101 Å². The third-order valence-electron chi connectivity index (χ3n) is 4.76. The van der Waals surface area contributed by atoms with Crippen molar-refractivity contribution in [2.75, 3.05) is 20.6 Å². The molecule has 3 aromatic rings. The fourth-order valence-electron chi connectivity index (χ4n) is 3.43. The van der Waals surface area contributed by atoms with Crippen LogP contribution in [0.25, 0.3) is 5.82 Å². The van der Waals surface area contributed by atoms with E-state index in [-0.39, 0.29) is 5.82 Å². The van der Waals surface area contributed by atoms with Crippen molar-refractivity contribution in [2.45, 2.75) is 33.6 Å². The minimum absolute atomic E-state index is 0.242. The summed E-state index contributed by atoms with van der Waals surface area (Å²) in [5.74, 6) is 6.82. The lowest BCUT2D eigenvalue weighted by Gasteiger charge is -2.12. The van der Waals surface area contributed by atoms with Crippen molar-refractivity contribution < 1.29 is 4.39 Å². The van der Waals surface area contributed by atoms with Crippen molar-refractivity contribution in [1.82, 2.24) is 14.5 Å². The van der Waals surface area contributed by atoms with Gasteiger partial charge in [0.2, 0.25) is 0 Å². The molecule has 3 nitrogen and oxygen atoms in total. The molecule has 150 valence electrons. The topological polar surface area (TPSA) is 21.1 Å². The molecule has 0 aliphatic carbocycles. The van der Waals surface area contributed by atoms with E-state index in [4.69, 9.17) is 4.98 Å². The Morgan fingerprint density at radius 2 is 1.69 bits per heavy atom. The fraction of sp³-hybridized carbons (Fsp3) is 0.320. The molecule has 29 heavy (non-hydrogen) atoms. The van der Waals surface area contributed by atoms with E-state index >= 15 is 0 Å². The van der Waals surface area contributed by atoms with Gasteiger partial charge in [-0.3, -0.25) is 4.90 Å². The quantitative estimate of drug-likeness (QED) is 0.593. The van der Waals surface area contributed by atoms with Crippen LogP contribution in [0.1, 0.15) is 33.8 Å². The molecule has 0 atom stereocenters. The second-order valence-corrected chi connectivity index (χ2v) is 7.83. The Hall–Kier alpha value is -2.90. The van der Waals surface area contributed by atoms with Crippen molar-refractivity contribution in [3.63, 3.8) is 0 Å².